The molecule has 0 radical (unpaired) electrons. The topological polar surface area (TPSA) is 56.9 Å². The number of H-pyrrole nitrogens is 1. The van der Waals surface area contributed by atoms with Crippen LogP contribution in [-0.2, 0) is 4.79 Å². The minimum atomic E-state index is -0.0470. The molecule has 2 rings (SSSR count). The average molecular weight is 231 g/mol. The van der Waals surface area contributed by atoms with Crippen molar-refractivity contribution in [3.8, 4) is 0 Å². The van der Waals surface area contributed by atoms with Gasteiger partial charge in [-0.1, -0.05) is 13.0 Å². The lowest BCUT2D eigenvalue weighted by molar-refractivity contribution is -0.119. The van der Waals surface area contributed by atoms with Crippen molar-refractivity contribution < 1.29 is 4.79 Å². The molecule has 0 saturated heterocycles. The van der Waals surface area contributed by atoms with Gasteiger partial charge in [-0.25, -0.2) is 0 Å². The van der Waals surface area contributed by atoms with Crippen LogP contribution in [0.2, 0.25) is 0 Å². The van der Waals surface area contributed by atoms with Crippen LogP contribution in [0.25, 0.3) is 10.9 Å². The van der Waals surface area contributed by atoms with E-state index in [4.69, 9.17) is 0 Å². The van der Waals surface area contributed by atoms with Gasteiger partial charge in [0.15, 0.2) is 0 Å². The molecule has 3 N–H and O–H groups in total. The highest BCUT2D eigenvalue weighted by atomic mass is 16.1. The Hall–Kier alpha value is -1.81. The SMILES string of the molecule is CNCC(C)C(=O)Nc1cccc2[nH]ccc12. The number of fused-ring (bicyclic) bond motifs is 1. The second kappa shape index (κ2) is 5.01. The molecule has 0 bridgehead atoms. The molecule has 0 aliphatic rings. The third-order valence-electron chi connectivity index (χ3n) is 2.81. The molecule has 17 heavy (non-hydrogen) atoms. The Morgan fingerprint density at radius 3 is 3.00 bits per heavy atom. The maximum absolute atomic E-state index is 11.9. The van der Waals surface area contributed by atoms with E-state index in [2.05, 4.69) is 15.6 Å². The zero-order valence-corrected chi connectivity index (χ0v) is 10.1. The lowest BCUT2D eigenvalue weighted by Gasteiger charge is -2.12. The van der Waals surface area contributed by atoms with Crippen molar-refractivity contribution in [3.05, 3.63) is 30.5 Å². The Balaban J connectivity index is 2.18. The summed E-state index contributed by atoms with van der Waals surface area (Å²) in [4.78, 5) is 15.0. The van der Waals surface area contributed by atoms with Crippen LogP contribution in [0.5, 0.6) is 0 Å². The Labute approximate surface area is 100 Å². The molecule has 0 fully saturated rings. The first kappa shape index (κ1) is 11.7. The minimum Gasteiger partial charge on any atom is -0.361 e. The van der Waals surface area contributed by atoms with Gasteiger partial charge >= 0.3 is 0 Å². The van der Waals surface area contributed by atoms with E-state index in [1.807, 2.05) is 44.4 Å². The fourth-order valence-electron chi connectivity index (χ4n) is 1.85. The Morgan fingerprint density at radius 1 is 1.41 bits per heavy atom. The van der Waals surface area contributed by atoms with Crippen molar-refractivity contribution in [3.63, 3.8) is 0 Å². The summed E-state index contributed by atoms with van der Waals surface area (Å²) in [5, 5.41) is 7.00. The molecule has 1 aromatic heterocycles. The monoisotopic (exact) mass is 231 g/mol. The summed E-state index contributed by atoms with van der Waals surface area (Å²) in [6, 6.07) is 7.80. The predicted octanol–water partition coefficient (Wildman–Crippen LogP) is 1.96. The zero-order valence-electron chi connectivity index (χ0n) is 10.1. The molecule has 1 amide bonds. The standard InChI is InChI=1S/C13H17N3O/c1-9(8-14-2)13(17)16-12-5-3-4-11-10(12)6-7-15-11/h3-7,9,14-15H,8H2,1-2H3,(H,16,17). The summed E-state index contributed by atoms with van der Waals surface area (Å²) in [6.45, 7) is 2.58. The number of anilines is 1. The molecule has 1 aromatic carbocycles. The minimum absolute atomic E-state index is 0.0352. The lowest BCUT2D eigenvalue weighted by Crippen LogP contribution is -2.28. The summed E-state index contributed by atoms with van der Waals surface area (Å²) < 4.78 is 0. The van der Waals surface area contributed by atoms with Crippen molar-refractivity contribution in [1.82, 2.24) is 10.3 Å². The number of amides is 1. The number of aromatic amines is 1. The molecular weight excluding hydrogens is 214 g/mol. The second-order valence-corrected chi connectivity index (χ2v) is 4.19. The fraction of sp³-hybridized carbons (Fsp3) is 0.308. The van der Waals surface area contributed by atoms with E-state index in [1.54, 1.807) is 0 Å². The maximum atomic E-state index is 11.9. The highest BCUT2D eigenvalue weighted by Gasteiger charge is 2.13. The Bertz CT molecular complexity index is 518. The van der Waals surface area contributed by atoms with Gasteiger partial charge in [0, 0.05) is 29.6 Å². The van der Waals surface area contributed by atoms with Gasteiger partial charge in [-0.3, -0.25) is 4.79 Å². The number of carbonyl (C=O) groups is 1. The highest BCUT2D eigenvalue weighted by Crippen LogP contribution is 2.22. The van der Waals surface area contributed by atoms with Crippen LogP contribution < -0.4 is 10.6 Å². The third kappa shape index (κ3) is 2.47. The lowest BCUT2D eigenvalue weighted by atomic mass is 10.1. The predicted molar refractivity (Wildman–Crippen MR) is 70.0 cm³/mol. The molecule has 0 aliphatic carbocycles. The van der Waals surface area contributed by atoms with E-state index in [-0.39, 0.29) is 11.8 Å². The number of carbonyl (C=O) groups excluding carboxylic acids is 1. The highest BCUT2D eigenvalue weighted by molar-refractivity contribution is 6.01. The number of nitrogens with one attached hydrogen (secondary N) is 3. The molecule has 4 heteroatoms. The summed E-state index contributed by atoms with van der Waals surface area (Å²) in [6.07, 6.45) is 1.87. The third-order valence-corrected chi connectivity index (χ3v) is 2.81. The van der Waals surface area contributed by atoms with E-state index in [0.717, 1.165) is 16.6 Å². The molecule has 1 unspecified atom stereocenters. The van der Waals surface area contributed by atoms with Crippen molar-refractivity contribution in [2.45, 2.75) is 6.92 Å². The van der Waals surface area contributed by atoms with Gasteiger partial charge in [0.1, 0.15) is 0 Å². The van der Waals surface area contributed by atoms with Crippen molar-refractivity contribution in [2.24, 2.45) is 5.92 Å². The zero-order chi connectivity index (χ0) is 12.3. The first-order chi connectivity index (χ1) is 8.22. The normalized spacial score (nSPS) is 12.6. The first-order valence-corrected chi connectivity index (χ1v) is 5.74. The number of benzene rings is 1. The van der Waals surface area contributed by atoms with E-state index in [1.165, 1.54) is 0 Å². The van der Waals surface area contributed by atoms with Crippen LogP contribution in [-0.4, -0.2) is 24.5 Å². The van der Waals surface area contributed by atoms with Gasteiger partial charge in [0.25, 0.3) is 0 Å². The summed E-state index contributed by atoms with van der Waals surface area (Å²) in [5.41, 5.74) is 1.89. The van der Waals surface area contributed by atoms with Gasteiger partial charge in [-0.2, -0.15) is 0 Å². The number of aromatic nitrogens is 1. The largest absolute Gasteiger partial charge is 0.361 e. The van der Waals surface area contributed by atoms with Crippen LogP contribution in [0, 0.1) is 5.92 Å². The maximum Gasteiger partial charge on any atom is 0.228 e. The summed E-state index contributed by atoms with van der Waals surface area (Å²) in [5.74, 6) is -0.0118. The molecule has 90 valence electrons. The molecule has 0 aliphatic heterocycles. The quantitative estimate of drug-likeness (QED) is 0.753. The van der Waals surface area contributed by atoms with E-state index in [0.29, 0.717) is 6.54 Å². The molecule has 1 atom stereocenters. The molecule has 2 aromatic rings. The van der Waals surface area contributed by atoms with Crippen LogP contribution in [0.15, 0.2) is 30.5 Å². The summed E-state index contributed by atoms with van der Waals surface area (Å²) >= 11 is 0. The molecule has 4 nitrogen and oxygen atoms in total. The van der Waals surface area contributed by atoms with Gasteiger partial charge in [-0.15, -0.1) is 0 Å². The Kier molecular flexibility index (Phi) is 3.44. The van der Waals surface area contributed by atoms with Gasteiger partial charge in [-0.05, 0) is 25.2 Å². The molecule has 0 spiro atoms. The number of rotatable bonds is 4. The van der Waals surface area contributed by atoms with Crippen molar-refractivity contribution in [2.75, 3.05) is 18.9 Å². The van der Waals surface area contributed by atoms with Crippen LogP contribution in [0.4, 0.5) is 5.69 Å². The average Bonchev–Trinajstić information content (AvgIpc) is 2.78. The van der Waals surface area contributed by atoms with Crippen molar-refractivity contribution >= 4 is 22.5 Å². The van der Waals surface area contributed by atoms with E-state index < -0.39 is 0 Å². The second-order valence-electron chi connectivity index (χ2n) is 4.19. The molecular formula is C13H17N3O. The number of hydrogen-bond acceptors (Lipinski definition) is 2. The van der Waals surface area contributed by atoms with Gasteiger partial charge in [0.05, 0.1) is 5.69 Å². The van der Waals surface area contributed by atoms with Gasteiger partial charge < -0.3 is 15.6 Å². The fourth-order valence-corrected chi connectivity index (χ4v) is 1.85. The van der Waals surface area contributed by atoms with E-state index in [9.17, 15) is 4.79 Å². The number of hydrogen-bond donors (Lipinski definition) is 3. The van der Waals surface area contributed by atoms with Crippen molar-refractivity contribution in [1.29, 1.82) is 0 Å². The Morgan fingerprint density at radius 2 is 2.24 bits per heavy atom. The van der Waals surface area contributed by atoms with Gasteiger partial charge in [0.2, 0.25) is 5.91 Å². The summed E-state index contributed by atoms with van der Waals surface area (Å²) in [7, 11) is 1.84. The van der Waals surface area contributed by atoms with Crippen LogP contribution in [0.1, 0.15) is 6.92 Å². The molecule has 1 heterocycles. The van der Waals surface area contributed by atoms with Crippen LogP contribution in [0.3, 0.4) is 0 Å². The molecule has 0 saturated carbocycles. The van der Waals surface area contributed by atoms with E-state index >= 15 is 0 Å². The smallest absolute Gasteiger partial charge is 0.228 e. The van der Waals surface area contributed by atoms with Crippen LogP contribution >= 0.6 is 0 Å². The first-order valence-electron chi connectivity index (χ1n) is 5.74.